The summed E-state index contributed by atoms with van der Waals surface area (Å²) in [7, 11) is 0. The zero-order valence-electron chi connectivity index (χ0n) is 29.5. The number of carbonyl (C=O) groups is 4. The largest absolute Gasteiger partial charge is 0.443 e. The van der Waals surface area contributed by atoms with E-state index < -0.39 is 22.0 Å². The Bertz CT molecular complexity index is 1370. The highest BCUT2D eigenvalue weighted by Crippen LogP contribution is 2.37. The molecule has 1 aliphatic heterocycles. The summed E-state index contributed by atoms with van der Waals surface area (Å²) in [6.45, 7) is 7.54. The third-order valence-electron chi connectivity index (χ3n) is 9.37. The Labute approximate surface area is 299 Å². The van der Waals surface area contributed by atoms with Gasteiger partial charge in [-0.25, -0.2) is 30.0 Å². The maximum atomic E-state index is 12.8. The molecule has 2 aromatic rings. The normalized spacial score (nSPS) is 18.5. The van der Waals surface area contributed by atoms with Gasteiger partial charge in [0.1, 0.15) is 23.1 Å². The van der Waals surface area contributed by atoms with Crippen LogP contribution in [0, 0.1) is 0 Å². The number of nitrogens with one attached hydrogen (secondary N) is 1. The molecule has 0 unspecified atom stereocenters. The predicted molar refractivity (Wildman–Crippen MR) is 192 cm³/mol. The van der Waals surface area contributed by atoms with Crippen molar-refractivity contribution in [2.75, 3.05) is 0 Å². The van der Waals surface area contributed by atoms with E-state index in [1.807, 2.05) is 60.7 Å². The highest BCUT2D eigenvalue weighted by atomic mass is 79.9. The second-order valence-corrected chi connectivity index (χ2v) is 16.2. The number of ether oxygens (including phenoxy) is 2. The maximum Gasteiger partial charge on any atom is 0.430 e. The van der Waals surface area contributed by atoms with Crippen LogP contribution < -0.4 is 5.43 Å². The summed E-state index contributed by atoms with van der Waals surface area (Å²) in [5.41, 5.74) is 3.71. The van der Waals surface area contributed by atoms with Crippen LogP contribution in [0.15, 0.2) is 60.7 Å². The van der Waals surface area contributed by atoms with Gasteiger partial charge in [0, 0.05) is 0 Å². The van der Waals surface area contributed by atoms with Crippen molar-refractivity contribution < 1.29 is 28.7 Å². The Morgan fingerprint density at radius 3 is 1.76 bits per heavy atom. The summed E-state index contributed by atoms with van der Waals surface area (Å²) in [6.07, 6.45) is 11.8. The molecule has 2 saturated carbocycles. The van der Waals surface area contributed by atoms with Gasteiger partial charge in [-0.2, -0.15) is 0 Å². The van der Waals surface area contributed by atoms with E-state index in [2.05, 4.69) is 21.4 Å². The molecule has 0 aromatic heterocycles. The molecule has 11 heteroatoms. The number of benzene rings is 2. The van der Waals surface area contributed by atoms with Crippen LogP contribution in [0.5, 0.6) is 0 Å². The summed E-state index contributed by atoms with van der Waals surface area (Å²) in [6, 6.07) is 19.2. The van der Waals surface area contributed by atoms with Crippen LogP contribution in [-0.4, -0.2) is 61.0 Å². The number of carbonyl (C=O) groups excluding carboxylic acids is 4. The summed E-state index contributed by atoms with van der Waals surface area (Å²) >= 11 is 3.41. The number of nitrogens with zero attached hydrogens (tertiary/aromatic N) is 3. The van der Waals surface area contributed by atoms with Crippen molar-refractivity contribution in [1.29, 1.82) is 0 Å². The number of alkyl halides is 1. The SMILES string of the molecule is CC(C)(Br)C(=O)N(NC(=O)OCc1ccccc1)C1CCCCCC1.CC1(C)C(=O)N(C2CCCCCC2)N1C(=O)OCc1ccccc1. The van der Waals surface area contributed by atoms with E-state index in [1.165, 1.54) is 35.7 Å². The molecule has 5 rings (SSSR count). The van der Waals surface area contributed by atoms with Crippen molar-refractivity contribution in [2.45, 2.75) is 140 Å². The molecule has 4 amide bonds. The van der Waals surface area contributed by atoms with Gasteiger partial charge in [-0.15, -0.1) is 0 Å². The first kappa shape index (κ1) is 38.2. The van der Waals surface area contributed by atoms with Gasteiger partial charge in [0.25, 0.3) is 11.8 Å². The van der Waals surface area contributed by atoms with Crippen molar-refractivity contribution >= 4 is 39.9 Å². The molecule has 0 bridgehead atoms. The molecule has 3 fully saturated rings. The monoisotopic (exact) mass is 740 g/mol. The fourth-order valence-corrected chi connectivity index (χ4v) is 6.77. The minimum atomic E-state index is -0.819. The Hall–Kier alpha value is -3.60. The molecule has 0 atom stereocenters. The van der Waals surface area contributed by atoms with E-state index >= 15 is 0 Å². The average Bonchev–Trinajstić information content (AvgIpc) is 3.54. The zero-order chi connectivity index (χ0) is 35.4. The van der Waals surface area contributed by atoms with Crippen LogP contribution in [0.1, 0.15) is 116 Å². The summed E-state index contributed by atoms with van der Waals surface area (Å²) < 4.78 is 10.0. The number of hydrogen-bond donors (Lipinski definition) is 1. The molecule has 1 saturated heterocycles. The number of amides is 4. The van der Waals surface area contributed by atoms with Gasteiger partial charge in [0.2, 0.25) is 0 Å². The lowest BCUT2D eigenvalue weighted by Crippen LogP contribution is -2.78. The molecule has 2 aliphatic carbocycles. The van der Waals surface area contributed by atoms with Crippen molar-refractivity contribution in [2.24, 2.45) is 0 Å². The molecular weight excluding hydrogens is 688 g/mol. The molecular formula is C38H53BrN4O6. The van der Waals surface area contributed by atoms with Gasteiger partial charge in [-0.05, 0) is 64.5 Å². The second kappa shape index (κ2) is 17.9. The fourth-order valence-electron chi connectivity index (χ4n) is 6.58. The minimum absolute atomic E-state index is 0.0103. The maximum absolute atomic E-state index is 12.8. The van der Waals surface area contributed by atoms with E-state index in [0.29, 0.717) is 0 Å². The van der Waals surface area contributed by atoms with Gasteiger partial charge in [0.05, 0.1) is 12.1 Å². The van der Waals surface area contributed by atoms with E-state index in [-0.39, 0.29) is 37.1 Å². The topological polar surface area (TPSA) is 108 Å². The third kappa shape index (κ3) is 10.7. The van der Waals surface area contributed by atoms with Crippen LogP contribution in [0.3, 0.4) is 0 Å². The van der Waals surface area contributed by atoms with Crippen LogP contribution in [0.25, 0.3) is 0 Å². The summed E-state index contributed by atoms with van der Waals surface area (Å²) in [5, 5.41) is 4.65. The van der Waals surface area contributed by atoms with Gasteiger partial charge >= 0.3 is 12.2 Å². The van der Waals surface area contributed by atoms with Crippen molar-refractivity contribution in [3.05, 3.63) is 71.8 Å². The lowest BCUT2D eigenvalue weighted by molar-refractivity contribution is -0.214. The highest BCUT2D eigenvalue weighted by molar-refractivity contribution is 9.10. The fraction of sp³-hybridized carbons (Fsp3) is 0.579. The molecule has 1 N–H and O–H groups in total. The number of hydrogen-bond acceptors (Lipinski definition) is 6. The first-order valence-electron chi connectivity index (χ1n) is 17.7. The van der Waals surface area contributed by atoms with Crippen LogP contribution >= 0.6 is 15.9 Å². The molecule has 0 spiro atoms. The lowest BCUT2D eigenvalue weighted by atomic mass is 9.94. The van der Waals surface area contributed by atoms with E-state index in [9.17, 15) is 19.2 Å². The highest BCUT2D eigenvalue weighted by Gasteiger charge is 2.58. The van der Waals surface area contributed by atoms with Crippen molar-refractivity contribution in [3.8, 4) is 0 Å². The Kier molecular flexibility index (Phi) is 13.9. The van der Waals surface area contributed by atoms with Crippen LogP contribution in [0.4, 0.5) is 9.59 Å². The van der Waals surface area contributed by atoms with E-state index in [1.54, 1.807) is 32.7 Å². The van der Waals surface area contributed by atoms with E-state index in [0.717, 1.165) is 62.5 Å². The first-order chi connectivity index (χ1) is 23.4. The smallest absolute Gasteiger partial charge is 0.430 e. The Morgan fingerprint density at radius 2 is 1.27 bits per heavy atom. The zero-order valence-corrected chi connectivity index (χ0v) is 31.1. The quantitative estimate of drug-likeness (QED) is 0.173. The standard InChI is InChI=1S/C19H27BrN2O3.C19H26N2O3/c1-19(2,20)17(23)22(16-12-8-3-4-9-13-16)21-18(24)25-14-15-10-6-5-7-11-15;1-19(2)17(22)20(16-12-8-3-4-9-13-16)21(19)18(23)24-14-15-10-6-5-7-11-15/h5-7,10-11,16H,3-4,8-9,12-14H2,1-2H3,(H,21,24);5-7,10-11,16H,3-4,8-9,12-14H2,1-2H3. The van der Waals surface area contributed by atoms with Crippen LogP contribution in [0.2, 0.25) is 0 Å². The number of rotatable bonds is 7. The van der Waals surface area contributed by atoms with Gasteiger partial charge in [-0.1, -0.05) is 128 Å². The number of halogens is 1. The van der Waals surface area contributed by atoms with Gasteiger partial charge in [-0.3, -0.25) is 9.59 Å². The Balaban J connectivity index is 0.000000221. The molecule has 10 nitrogen and oxygen atoms in total. The molecule has 3 aliphatic rings. The second-order valence-electron chi connectivity index (χ2n) is 14.2. The molecule has 0 radical (unpaired) electrons. The first-order valence-corrected chi connectivity index (χ1v) is 18.5. The summed E-state index contributed by atoms with van der Waals surface area (Å²) in [4.78, 5) is 50.2. The molecule has 268 valence electrons. The number of hydrazine groups is 2. The predicted octanol–water partition coefficient (Wildman–Crippen LogP) is 8.44. The summed E-state index contributed by atoms with van der Waals surface area (Å²) in [5.74, 6) is -0.137. The lowest BCUT2D eigenvalue weighted by Gasteiger charge is -2.56. The molecule has 1 heterocycles. The third-order valence-corrected chi connectivity index (χ3v) is 9.71. The minimum Gasteiger partial charge on any atom is -0.443 e. The molecule has 49 heavy (non-hydrogen) atoms. The Morgan fingerprint density at radius 1 is 0.796 bits per heavy atom. The molecule has 2 aromatic carbocycles. The van der Waals surface area contributed by atoms with Gasteiger partial charge in [0.15, 0.2) is 0 Å². The van der Waals surface area contributed by atoms with Gasteiger partial charge < -0.3 is 9.47 Å². The van der Waals surface area contributed by atoms with Crippen molar-refractivity contribution in [3.63, 3.8) is 0 Å². The van der Waals surface area contributed by atoms with Crippen molar-refractivity contribution in [1.82, 2.24) is 20.5 Å². The van der Waals surface area contributed by atoms with Crippen LogP contribution in [-0.2, 0) is 32.3 Å². The average molecular weight is 742 g/mol. The van der Waals surface area contributed by atoms with E-state index in [4.69, 9.17) is 9.47 Å².